The van der Waals surface area contributed by atoms with Gasteiger partial charge in [0, 0.05) is 36.9 Å². The molecule has 3 heterocycles. The molecule has 4 rings (SSSR count). The van der Waals surface area contributed by atoms with Crippen LogP contribution in [0.2, 0.25) is 0 Å². The Bertz CT molecular complexity index is 1290. The first kappa shape index (κ1) is 29.3. The second kappa shape index (κ2) is 14.1. The fraction of sp³-hybridized carbons (Fsp3) is 0.333. The van der Waals surface area contributed by atoms with Gasteiger partial charge < -0.3 is 25.6 Å². The Hall–Kier alpha value is -3.68. The number of hydrogen-bond donors (Lipinski definition) is 3. The molecule has 1 fully saturated rings. The molecule has 2 amide bonds. The molecule has 0 saturated carbocycles. The van der Waals surface area contributed by atoms with Crippen molar-refractivity contribution in [2.75, 3.05) is 43.4 Å². The second-order valence-electron chi connectivity index (χ2n) is 8.99. The van der Waals surface area contributed by atoms with Crippen LogP contribution in [0.3, 0.4) is 0 Å². The number of halogens is 3. The Labute approximate surface area is 233 Å². The minimum absolute atomic E-state index is 0.180. The van der Waals surface area contributed by atoms with Crippen molar-refractivity contribution in [3.63, 3.8) is 0 Å². The highest BCUT2D eigenvalue weighted by Crippen LogP contribution is 2.27. The van der Waals surface area contributed by atoms with Gasteiger partial charge in [0.1, 0.15) is 16.6 Å². The quantitative estimate of drug-likeness (QED) is 0.214. The number of benzene rings is 1. The van der Waals surface area contributed by atoms with Crippen LogP contribution in [0.1, 0.15) is 28.8 Å². The summed E-state index contributed by atoms with van der Waals surface area (Å²) in [6, 6.07) is 11.7. The number of ether oxygens (including phenoxy) is 1. The minimum atomic E-state index is -4.79. The van der Waals surface area contributed by atoms with Gasteiger partial charge in [0.2, 0.25) is 5.91 Å². The van der Waals surface area contributed by atoms with Gasteiger partial charge in [-0.05, 0) is 80.0 Å². The Morgan fingerprint density at radius 1 is 1.00 bits per heavy atom. The van der Waals surface area contributed by atoms with Gasteiger partial charge in [-0.25, -0.2) is 9.97 Å². The fourth-order valence-electron chi connectivity index (χ4n) is 4.03. The molecule has 1 aromatic carbocycles. The number of nitrogens with one attached hydrogen (secondary N) is 3. The van der Waals surface area contributed by atoms with Crippen molar-refractivity contribution in [1.29, 1.82) is 0 Å². The van der Waals surface area contributed by atoms with Crippen LogP contribution < -0.4 is 20.7 Å². The van der Waals surface area contributed by atoms with E-state index in [2.05, 4.69) is 35.6 Å². The first-order valence-electron chi connectivity index (χ1n) is 12.7. The molecule has 0 radical (unpaired) electrons. The van der Waals surface area contributed by atoms with Crippen LogP contribution in [0.15, 0.2) is 66.0 Å². The molecule has 0 spiro atoms. The second-order valence-corrected chi connectivity index (χ2v) is 9.96. The van der Waals surface area contributed by atoms with Gasteiger partial charge in [-0.2, -0.15) is 0 Å². The summed E-state index contributed by atoms with van der Waals surface area (Å²) in [7, 11) is 0. The molecule has 0 unspecified atom stereocenters. The van der Waals surface area contributed by atoms with Gasteiger partial charge >= 0.3 is 6.36 Å². The molecule has 13 heteroatoms. The number of nitrogens with zero attached hydrogens (tertiary/aromatic N) is 3. The normalized spacial score (nSPS) is 13.7. The Kier molecular flexibility index (Phi) is 10.3. The number of carbonyl (C=O) groups is 2. The van der Waals surface area contributed by atoms with Crippen LogP contribution in [-0.2, 0) is 10.5 Å². The highest BCUT2D eigenvalue weighted by Gasteiger charge is 2.31. The summed E-state index contributed by atoms with van der Waals surface area (Å²) in [6.45, 7) is 4.10. The summed E-state index contributed by atoms with van der Waals surface area (Å²) in [6.07, 6.45) is 0.841. The minimum Gasteiger partial charge on any atom is -0.406 e. The molecular weight excluding hydrogens is 545 g/mol. The lowest BCUT2D eigenvalue weighted by molar-refractivity contribution is -0.274. The van der Waals surface area contributed by atoms with E-state index in [0.717, 1.165) is 43.9 Å². The zero-order valence-corrected chi connectivity index (χ0v) is 22.4. The van der Waals surface area contributed by atoms with Crippen molar-refractivity contribution in [2.24, 2.45) is 0 Å². The number of pyridine rings is 2. The van der Waals surface area contributed by atoms with Gasteiger partial charge in [-0.3, -0.25) is 9.59 Å². The van der Waals surface area contributed by atoms with E-state index in [-0.39, 0.29) is 18.2 Å². The van der Waals surface area contributed by atoms with Crippen molar-refractivity contribution in [3.8, 4) is 5.75 Å². The summed E-state index contributed by atoms with van der Waals surface area (Å²) in [5.74, 6) is -0.133. The molecule has 1 aliphatic heterocycles. The van der Waals surface area contributed by atoms with Crippen LogP contribution in [0, 0.1) is 0 Å². The summed E-state index contributed by atoms with van der Waals surface area (Å²) in [5.41, 5.74) is 1.49. The number of alkyl halides is 3. The van der Waals surface area contributed by atoms with Crippen molar-refractivity contribution in [2.45, 2.75) is 30.0 Å². The first-order chi connectivity index (χ1) is 19.2. The van der Waals surface area contributed by atoms with E-state index in [0.29, 0.717) is 27.8 Å². The van der Waals surface area contributed by atoms with Crippen molar-refractivity contribution in [3.05, 3.63) is 72.1 Å². The van der Waals surface area contributed by atoms with Gasteiger partial charge in [-0.1, -0.05) is 0 Å². The number of hydrogen-bond acceptors (Lipinski definition) is 8. The predicted molar refractivity (Wildman–Crippen MR) is 146 cm³/mol. The summed E-state index contributed by atoms with van der Waals surface area (Å²) in [5, 5.41) is 9.08. The van der Waals surface area contributed by atoms with Gasteiger partial charge in [0.15, 0.2) is 0 Å². The molecule has 2 aromatic heterocycles. The van der Waals surface area contributed by atoms with E-state index in [1.165, 1.54) is 36.7 Å². The topological polar surface area (TPSA) is 108 Å². The van der Waals surface area contributed by atoms with Crippen LogP contribution >= 0.6 is 11.8 Å². The maximum absolute atomic E-state index is 12.9. The highest BCUT2D eigenvalue weighted by molar-refractivity contribution is 7.98. The molecule has 3 N–H and O–H groups in total. The zero-order chi connectivity index (χ0) is 28.4. The molecule has 1 aliphatic rings. The lowest BCUT2D eigenvalue weighted by Crippen LogP contribution is -2.34. The van der Waals surface area contributed by atoms with E-state index in [4.69, 9.17) is 0 Å². The van der Waals surface area contributed by atoms with Crippen LogP contribution in [0.4, 0.5) is 24.7 Å². The van der Waals surface area contributed by atoms with E-state index in [1.54, 1.807) is 30.6 Å². The van der Waals surface area contributed by atoms with Crippen LogP contribution in [0.25, 0.3) is 0 Å². The average Bonchev–Trinajstić information content (AvgIpc) is 3.44. The van der Waals surface area contributed by atoms with Gasteiger partial charge in [-0.15, -0.1) is 24.9 Å². The standard InChI is InChI=1S/C27H29F3N6O3S/c28-27(29,30)39-21-7-5-20(6-8-21)34-25(38)22-4-3-10-33-26(22)40-18-19-9-11-32-23(16-19)35-24(37)17-31-12-15-36-13-1-2-14-36/h3-11,16,31H,1-2,12-15,17-18H2,(H,34,38)(H,32,35,37). The number of likely N-dealkylation sites (tertiary alicyclic amines) is 1. The van der Waals surface area contributed by atoms with Gasteiger partial charge in [0.05, 0.1) is 12.1 Å². The Balaban J connectivity index is 1.28. The third kappa shape index (κ3) is 9.50. The number of rotatable bonds is 12. The molecular formula is C27H29F3N6O3S. The highest BCUT2D eigenvalue weighted by atomic mass is 32.2. The lowest BCUT2D eigenvalue weighted by atomic mass is 10.2. The van der Waals surface area contributed by atoms with E-state index in [1.807, 2.05) is 6.07 Å². The number of carbonyl (C=O) groups excluding carboxylic acids is 2. The number of anilines is 2. The summed E-state index contributed by atoms with van der Waals surface area (Å²) < 4.78 is 40.9. The maximum atomic E-state index is 12.9. The smallest absolute Gasteiger partial charge is 0.406 e. The molecule has 0 aliphatic carbocycles. The molecule has 1 saturated heterocycles. The Morgan fingerprint density at radius 2 is 1.77 bits per heavy atom. The molecule has 9 nitrogen and oxygen atoms in total. The molecule has 40 heavy (non-hydrogen) atoms. The third-order valence-corrected chi connectivity index (χ3v) is 6.99. The third-order valence-electron chi connectivity index (χ3n) is 5.92. The van der Waals surface area contributed by atoms with Gasteiger partial charge in [0.25, 0.3) is 5.91 Å². The fourth-order valence-corrected chi connectivity index (χ4v) is 4.97. The van der Waals surface area contributed by atoms with Crippen LogP contribution in [-0.4, -0.2) is 65.8 Å². The van der Waals surface area contributed by atoms with Crippen molar-refractivity contribution < 1.29 is 27.5 Å². The average molecular weight is 575 g/mol. The van der Waals surface area contributed by atoms with Crippen LogP contribution in [0.5, 0.6) is 5.75 Å². The first-order valence-corrected chi connectivity index (χ1v) is 13.7. The van der Waals surface area contributed by atoms with E-state index in [9.17, 15) is 22.8 Å². The molecule has 3 aromatic rings. The zero-order valence-electron chi connectivity index (χ0n) is 21.5. The molecule has 0 bridgehead atoms. The van der Waals surface area contributed by atoms with Crippen molar-refractivity contribution >= 4 is 35.1 Å². The number of thioether (sulfide) groups is 1. The van der Waals surface area contributed by atoms with E-state index < -0.39 is 12.3 Å². The number of amides is 2. The number of aromatic nitrogens is 2. The monoisotopic (exact) mass is 574 g/mol. The Morgan fingerprint density at radius 3 is 2.52 bits per heavy atom. The lowest BCUT2D eigenvalue weighted by Gasteiger charge is -2.14. The summed E-state index contributed by atoms with van der Waals surface area (Å²) in [4.78, 5) is 36.1. The van der Waals surface area contributed by atoms with Crippen molar-refractivity contribution in [1.82, 2.24) is 20.2 Å². The largest absolute Gasteiger partial charge is 0.573 e. The predicted octanol–water partition coefficient (Wildman–Crippen LogP) is 4.54. The van der Waals surface area contributed by atoms with E-state index >= 15 is 0 Å². The molecule has 0 atom stereocenters. The summed E-state index contributed by atoms with van der Waals surface area (Å²) >= 11 is 1.33. The maximum Gasteiger partial charge on any atom is 0.573 e. The SMILES string of the molecule is O=C(CNCCN1CCCC1)Nc1cc(CSc2ncccc2C(=O)Nc2ccc(OC(F)(F)F)cc2)ccn1. The molecule has 212 valence electrons.